The molecule has 0 radical (unpaired) electrons. The van der Waals surface area contributed by atoms with Gasteiger partial charge in [0, 0.05) is 18.2 Å². The summed E-state index contributed by atoms with van der Waals surface area (Å²) in [5, 5.41) is 0. The zero-order valence-electron chi connectivity index (χ0n) is 12.2. The lowest BCUT2D eigenvalue weighted by atomic mass is 10.0. The van der Waals surface area contributed by atoms with Gasteiger partial charge in [0.25, 0.3) is 0 Å². The van der Waals surface area contributed by atoms with E-state index in [0.717, 1.165) is 25.2 Å². The molecule has 0 aromatic heterocycles. The number of primary amides is 1. The zero-order valence-corrected chi connectivity index (χ0v) is 12.2. The van der Waals surface area contributed by atoms with Crippen molar-refractivity contribution in [2.24, 2.45) is 17.4 Å². The van der Waals surface area contributed by atoms with Crippen molar-refractivity contribution in [1.29, 1.82) is 0 Å². The molecule has 4 heteroatoms. The molecule has 1 fully saturated rings. The van der Waals surface area contributed by atoms with Crippen LogP contribution in [0.25, 0.3) is 0 Å². The molecule has 2 atom stereocenters. The number of nitrogens with zero attached hydrogens (tertiary/aromatic N) is 1. The van der Waals surface area contributed by atoms with Crippen LogP contribution in [0.1, 0.15) is 42.1 Å². The molecule has 1 aromatic rings. The molecule has 110 valence electrons. The number of benzene rings is 1. The molecule has 0 bridgehead atoms. The van der Waals surface area contributed by atoms with Crippen molar-refractivity contribution in [3.05, 3.63) is 35.4 Å². The second-order valence-electron chi connectivity index (χ2n) is 5.62. The third-order valence-corrected chi connectivity index (χ3v) is 4.39. The van der Waals surface area contributed by atoms with Crippen LogP contribution < -0.4 is 11.5 Å². The maximum absolute atomic E-state index is 11.3. The van der Waals surface area contributed by atoms with Crippen LogP contribution in [-0.2, 0) is 6.54 Å². The molecule has 0 aliphatic heterocycles. The summed E-state index contributed by atoms with van der Waals surface area (Å²) in [6, 6.07) is 8.19. The molecule has 1 aliphatic carbocycles. The summed E-state index contributed by atoms with van der Waals surface area (Å²) in [6.07, 6.45) is 3.73. The lowest BCUT2D eigenvalue weighted by Gasteiger charge is -2.31. The predicted octanol–water partition coefficient (Wildman–Crippen LogP) is 1.73. The average molecular weight is 275 g/mol. The Morgan fingerprint density at radius 2 is 2.20 bits per heavy atom. The molecule has 4 N–H and O–H groups in total. The van der Waals surface area contributed by atoms with Gasteiger partial charge in [-0.2, -0.15) is 0 Å². The number of nitrogens with two attached hydrogens (primary N) is 2. The van der Waals surface area contributed by atoms with Crippen LogP contribution in [0.5, 0.6) is 0 Å². The molecule has 1 amide bonds. The van der Waals surface area contributed by atoms with E-state index in [4.69, 9.17) is 11.5 Å². The highest BCUT2D eigenvalue weighted by atomic mass is 16.1. The molecule has 1 aromatic carbocycles. The smallest absolute Gasteiger partial charge is 0.248 e. The first-order valence-corrected chi connectivity index (χ1v) is 7.48. The van der Waals surface area contributed by atoms with E-state index >= 15 is 0 Å². The minimum Gasteiger partial charge on any atom is -0.366 e. The molecule has 20 heavy (non-hydrogen) atoms. The number of amides is 1. The fraction of sp³-hybridized carbons (Fsp3) is 0.562. The van der Waals surface area contributed by atoms with Gasteiger partial charge < -0.3 is 11.5 Å². The van der Waals surface area contributed by atoms with Gasteiger partial charge in [0.05, 0.1) is 0 Å². The number of carbonyl (C=O) groups excluding carboxylic acids is 1. The van der Waals surface area contributed by atoms with Crippen LogP contribution in [0, 0.1) is 5.92 Å². The van der Waals surface area contributed by atoms with E-state index in [1.54, 1.807) is 6.07 Å². The molecule has 1 aliphatic rings. The first-order chi connectivity index (χ1) is 9.65. The Bertz CT molecular complexity index is 461. The highest BCUT2D eigenvalue weighted by Crippen LogP contribution is 2.30. The van der Waals surface area contributed by atoms with Crippen molar-refractivity contribution in [2.45, 2.75) is 38.8 Å². The van der Waals surface area contributed by atoms with Gasteiger partial charge >= 0.3 is 0 Å². The van der Waals surface area contributed by atoms with E-state index in [0.29, 0.717) is 17.5 Å². The van der Waals surface area contributed by atoms with Crippen molar-refractivity contribution in [3.8, 4) is 0 Å². The Morgan fingerprint density at radius 3 is 2.85 bits per heavy atom. The van der Waals surface area contributed by atoms with E-state index < -0.39 is 0 Å². The standard InChI is InChI=1S/C16H25N3O/c1-2-19(15-8-4-7-14(15)10-17)11-12-5-3-6-13(9-12)16(18)20/h3,5-6,9,14-15H,2,4,7-8,10-11,17H2,1H3,(H2,18,20). The van der Waals surface area contributed by atoms with Crippen molar-refractivity contribution >= 4 is 5.91 Å². The van der Waals surface area contributed by atoms with Crippen molar-refractivity contribution in [2.75, 3.05) is 13.1 Å². The van der Waals surface area contributed by atoms with Crippen LogP contribution in [0.3, 0.4) is 0 Å². The van der Waals surface area contributed by atoms with Gasteiger partial charge in [-0.15, -0.1) is 0 Å². The number of carbonyl (C=O) groups is 1. The van der Waals surface area contributed by atoms with Gasteiger partial charge in [-0.05, 0) is 49.5 Å². The first kappa shape index (κ1) is 15.0. The van der Waals surface area contributed by atoms with Gasteiger partial charge in [-0.1, -0.05) is 25.5 Å². The van der Waals surface area contributed by atoms with E-state index in [2.05, 4.69) is 17.9 Å². The fourth-order valence-corrected chi connectivity index (χ4v) is 3.29. The van der Waals surface area contributed by atoms with Crippen LogP contribution in [0.15, 0.2) is 24.3 Å². The lowest BCUT2D eigenvalue weighted by molar-refractivity contribution is 0.1000. The summed E-state index contributed by atoms with van der Waals surface area (Å²) < 4.78 is 0. The van der Waals surface area contributed by atoms with Crippen molar-refractivity contribution in [3.63, 3.8) is 0 Å². The molecule has 1 saturated carbocycles. The van der Waals surface area contributed by atoms with Gasteiger partial charge in [-0.3, -0.25) is 9.69 Å². The number of rotatable bonds is 6. The molecular weight excluding hydrogens is 250 g/mol. The molecule has 0 heterocycles. The lowest BCUT2D eigenvalue weighted by Crippen LogP contribution is -2.39. The SMILES string of the molecule is CCN(Cc1cccc(C(N)=O)c1)C1CCCC1CN. The predicted molar refractivity (Wildman–Crippen MR) is 81.2 cm³/mol. The fourth-order valence-electron chi connectivity index (χ4n) is 3.29. The van der Waals surface area contributed by atoms with Crippen molar-refractivity contribution < 1.29 is 4.79 Å². The topological polar surface area (TPSA) is 72.3 Å². The normalized spacial score (nSPS) is 22.4. The molecule has 0 saturated heterocycles. The monoisotopic (exact) mass is 275 g/mol. The number of hydrogen-bond donors (Lipinski definition) is 2. The Morgan fingerprint density at radius 1 is 1.40 bits per heavy atom. The second kappa shape index (κ2) is 6.86. The van der Waals surface area contributed by atoms with Gasteiger partial charge in [0.15, 0.2) is 0 Å². The highest BCUT2D eigenvalue weighted by Gasteiger charge is 2.30. The quantitative estimate of drug-likeness (QED) is 0.830. The summed E-state index contributed by atoms with van der Waals surface area (Å²) in [5.41, 5.74) is 13.0. The Labute approximate surface area is 121 Å². The summed E-state index contributed by atoms with van der Waals surface area (Å²) in [4.78, 5) is 13.7. The summed E-state index contributed by atoms with van der Waals surface area (Å²) >= 11 is 0. The van der Waals surface area contributed by atoms with Crippen LogP contribution >= 0.6 is 0 Å². The first-order valence-electron chi connectivity index (χ1n) is 7.48. The van der Waals surface area contributed by atoms with Crippen molar-refractivity contribution in [1.82, 2.24) is 4.90 Å². The van der Waals surface area contributed by atoms with E-state index in [-0.39, 0.29) is 5.91 Å². The molecule has 2 rings (SSSR count). The zero-order chi connectivity index (χ0) is 14.5. The second-order valence-corrected chi connectivity index (χ2v) is 5.62. The largest absolute Gasteiger partial charge is 0.366 e. The Kier molecular flexibility index (Phi) is 5.15. The Balaban J connectivity index is 2.10. The molecule has 4 nitrogen and oxygen atoms in total. The van der Waals surface area contributed by atoms with Gasteiger partial charge in [0.1, 0.15) is 0 Å². The minimum atomic E-state index is -0.365. The van der Waals surface area contributed by atoms with E-state index in [1.165, 1.54) is 19.3 Å². The maximum Gasteiger partial charge on any atom is 0.248 e. The number of hydrogen-bond acceptors (Lipinski definition) is 3. The van der Waals surface area contributed by atoms with Gasteiger partial charge in [-0.25, -0.2) is 0 Å². The minimum absolute atomic E-state index is 0.365. The average Bonchev–Trinajstić information content (AvgIpc) is 2.93. The summed E-state index contributed by atoms with van der Waals surface area (Å²) in [5.74, 6) is 0.241. The van der Waals surface area contributed by atoms with E-state index in [1.807, 2.05) is 12.1 Å². The molecular formula is C16H25N3O. The summed E-state index contributed by atoms with van der Waals surface area (Å²) in [7, 11) is 0. The highest BCUT2D eigenvalue weighted by molar-refractivity contribution is 5.92. The van der Waals surface area contributed by atoms with E-state index in [9.17, 15) is 4.79 Å². The third-order valence-electron chi connectivity index (χ3n) is 4.39. The van der Waals surface area contributed by atoms with Crippen LogP contribution in [0.4, 0.5) is 0 Å². The molecule has 0 spiro atoms. The third kappa shape index (κ3) is 3.38. The Hall–Kier alpha value is -1.39. The maximum atomic E-state index is 11.3. The van der Waals surface area contributed by atoms with Gasteiger partial charge in [0.2, 0.25) is 5.91 Å². The van der Waals surface area contributed by atoms with Crippen LogP contribution in [0.2, 0.25) is 0 Å². The summed E-state index contributed by atoms with van der Waals surface area (Å²) in [6.45, 7) is 4.81. The van der Waals surface area contributed by atoms with Crippen LogP contribution in [-0.4, -0.2) is 29.9 Å². The molecule has 2 unspecified atom stereocenters.